The molecule has 0 amide bonds. The zero-order chi connectivity index (χ0) is 13.7. The standard InChI is InChI=1S/C17H31NO/c1-15-8-14-9-16(2,11-15)13-17(10-14,12-15)4-5-18(3)6-7-19/h14,19H,4-13H2,1-3H3. The van der Waals surface area contributed by atoms with Crippen LogP contribution in [0.5, 0.6) is 0 Å². The second kappa shape index (κ2) is 4.46. The quantitative estimate of drug-likeness (QED) is 0.824. The molecule has 0 heterocycles. The van der Waals surface area contributed by atoms with E-state index in [1.54, 1.807) is 0 Å². The SMILES string of the molecule is CN(CCO)CCC12CC3CC(C)(CC(C)(C3)C1)C2. The molecule has 1 N–H and O–H groups in total. The first kappa shape index (κ1) is 13.9. The zero-order valence-electron chi connectivity index (χ0n) is 13.0. The molecule has 0 aromatic carbocycles. The van der Waals surface area contributed by atoms with Crippen molar-refractivity contribution in [1.82, 2.24) is 4.90 Å². The van der Waals surface area contributed by atoms with Crippen molar-refractivity contribution in [1.29, 1.82) is 0 Å². The van der Waals surface area contributed by atoms with Gasteiger partial charge < -0.3 is 10.0 Å². The number of nitrogens with zero attached hydrogens (tertiary/aromatic N) is 1. The van der Waals surface area contributed by atoms with Gasteiger partial charge in [-0.2, -0.15) is 0 Å². The van der Waals surface area contributed by atoms with Crippen LogP contribution in [-0.2, 0) is 0 Å². The highest BCUT2D eigenvalue weighted by Gasteiger charge is 2.59. The molecule has 2 nitrogen and oxygen atoms in total. The molecule has 2 unspecified atom stereocenters. The molecular formula is C17H31NO. The predicted octanol–water partition coefficient (Wildman–Crippen LogP) is 3.30. The number of hydrogen-bond donors (Lipinski definition) is 1. The highest BCUT2D eigenvalue weighted by Crippen LogP contribution is 2.70. The molecule has 4 rings (SSSR count). The average Bonchev–Trinajstić information content (AvgIpc) is 2.22. The summed E-state index contributed by atoms with van der Waals surface area (Å²) in [6.07, 6.45) is 10.3. The summed E-state index contributed by atoms with van der Waals surface area (Å²) in [5.41, 5.74) is 1.92. The van der Waals surface area contributed by atoms with Crippen LogP contribution >= 0.6 is 0 Å². The normalized spacial score (nSPS) is 48.2. The number of hydrogen-bond acceptors (Lipinski definition) is 2. The third-order valence-corrected chi connectivity index (χ3v) is 6.25. The van der Waals surface area contributed by atoms with E-state index in [1.165, 1.54) is 51.5 Å². The fourth-order valence-electron chi connectivity index (χ4n) is 6.67. The third-order valence-electron chi connectivity index (χ3n) is 6.25. The van der Waals surface area contributed by atoms with E-state index in [-0.39, 0.29) is 0 Å². The summed E-state index contributed by atoms with van der Waals surface area (Å²) in [7, 11) is 2.15. The van der Waals surface area contributed by atoms with Gasteiger partial charge >= 0.3 is 0 Å². The van der Waals surface area contributed by atoms with Crippen molar-refractivity contribution in [3.63, 3.8) is 0 Å². The van der Waals surface area contributed by atoms with Crippen LogP contribution in [0.3, 0.4) is 0 Å². The minimum atomic E-state index is 0.293. The molecular weight excluding hydrogens is 234 g/mol. The van der Waals surface area contributed by atoms with Crippen LogP contribution in [0.25, 0.3) is 0 Å². The van der Waals surface area contributed by atoms with Gasteiger partial charge in [0.25, 0.3) is 0 Å². The summed E-state index contributed by atoms with van der Waals surface area (Å²) >= 11 is 0. The van der Waals surface area contributed by atoms with E-state index < -0.39 is 0 Å². The highest BCUT2D eigenvalue weighted by molar-refractivity contribution is 5.10. The van der Waals surface area contributed by atoms with Gasteiger partial charge in [-0.25, -0.2) is 0 Å². The topological polar surface area (TPSA) is 23.5 Å². The largest absolute Gasteiger partial charge is 0.395 e. The van der Waals surface area contributed by atoms with Crippen molar-refractivity contribution < 1.29 is 5.11 Å². The lowest BCUT2D eigenvalue weighted by Crippen LogP contribution is -2.55. The first-order valence-electron chi connectivity index (χ1n) is 8.16. The van der Waals surface area contributed by atoms with Crippen LogP contribution in [0.4, 0.5) is 0 Å². The first-order valence-corrected chi connectivity index (χ1v) is 8.16. The molecule has 2 heteroatoms. The van der Waals surface area contributed by atoms with Crippen LogP contribution in [0, 0.1) is 22.2 Å². The maximum absolute atomic E-state index is 9.04. The minimum Gasteiger partial charge on any atom is -0.395 e. The van der Waals surface area contributed by atoms with Crippen molar-refractivity contribution in [3.8, 4) is 0 Å². The number of rotatable bonds is 5. The van der Waals surface area contributed by atoms with Crippen LogP contribution in [0.2, 0.25) is 0 Å². The van der Waals surface area contributed by atoms with E-state index in [4.69, 9.17) is 5.11 Å². The fraction of sp³-hybridized carbons (Fsp3) is 1.00. The summed E-state index contributed by atoms with van der Waals surface area (Å²) in [5.74, 6) is 1.01. The van der Waals surface area contributed by atoms with Crippen molar-refractivity contribution in [3.05, 3.63) is 0 Å². The predicted molar refractivity (Wildman–Crippen MR) is 79.0 cm³/mol. The average molecular weight is 265 g/mol. The summed E-state index contributed by atoms with van der Waals surface area (Å²) in [6.45, 7) is 7.40. The summed E-state index contributed by atoms with van der Waals surface area (Å²) in [5, 5.41) is 9.04. The Kier molecular flexibility index (Phi) is 3.26. The van der Waals surface area contributed by atoms with Gasteiger partial charge in [0, 0.05) is 6.54 Å². The highest BCUT2D eigenvalue weighted by atomic mass is 16.3. The van der Waals surface area contributed by atoms with Gasteiger partial charge in [0.05, 0.1) is 6.61 Å². The van der Waals surface area contributed by atoms with Gasteiger partial charge in [-0.1, -0.05) is 13.8 Å². The van der Waals surface area contributed by atoms with Gasteiger partial charge in [0.2, 0.25) is 0 Å². The Balaban J connectivity index is 1.70. The molecule has 4 bridgehead atoms. The third kappa shape index (κ3) is 2.58. The summed E-state index contributed by atoms with van der Waals surface area (Å²) in [4.78, 5) is 2.31. The van der Waals surface area contributed by atoms with Crippen molar-refractivity contribution in [2.45, 2.75) is 58.8 Å². The van der Waals surface area contributed by atoms with Crippen molar-refractivity contribution in [2.75, 3.05) is 26.7 Å². The minimum absolute atomic E-state index is 0.293. The number of aliphatic hydroxyl groups is 1. The Hall–Kier alpha value is -0.0800. The molecule has 19 heavy (non-hydrogen) atoms. The monoisotopic (exact) mass is 265 g/mol. The van der Waals surface area contributed by atoms with Crippen LogP contribution in [-0.4, -0.2) is 36.8 Å². The smallest absolute Gasteiger partial charge is 0.0558 e. The Morgan fingerprint density at radius 1 is 1.00 bits per heavy atom. The van der Waals surface area contributed by atoms with Crippen molar-refractivity contribution in [2.24, 2.45) is 22.2 Å². The van der Waals surface area contributed by atoms with Gasteiger partial charge in [-0.3, -0.25) is 0 Å². The molecule has 4 saturated carbocycles. The fourth-order valence-corrected chi connectivity index (χ4v) is 6.67. The Labute approximate surface area is 118 Å². The lowest BCUT2D eigenvalue weighted by molar-refractivity contribution is -0.148. The molecule has 0 spiro atoms. The Morgan fingerprint density at radius 3 is 2.16 bits per heavy atom. The van der Waals surface area contributed by atoms with E-state index in [1.807, 2.05) is 0 Å². The number of likely N-dealkylation sites (N-methyl/N-ethyl adjacent to an activating group) is 1. The second-order valence-electron chi connectivity index (χ2n) is 8.91. The van der Waals surface area contributed by atoms with E-state index in [0.29, 0.717) is 22.9 Å². The van der Waals surface area contributed by atoms with E-state index in [0.717, 1.165) is 12.5 Å². The van der Waals surface area contributed by atoms with Gasteiger partial charge in [-0.15, -0.1) is 0 Å². The van der Waals surface area contributed by atoms with Crippen LogP contribution in [0.1, 0.15) is 58.8 Å². The van der Waals surface area contributed by atoms with Crippen molar-refractivity contribution >= 4 is 0 Å². The van der Waals surface area contributed by atoms with E-state index >= 15 is 0 Å². The summed E-state index contributed by atoms with van der Waals surface area (Å²) < 4.78 is 0. The molecule has 0 radical (unpaired) electrons. The van der Waals surface area contributed by atoms with Gasteiger partial charge in [0.15, 0.2) is 0 Å². The van der Waals surface area contributed by atoms with Gasteiger partial charge in [0.1, 0.15) is 0 Å². The summed E-state index contributed by atoms with van der Waals surface area (Å²) in [6, 6.07) is 0. The lowest BCUT2D eigenvalue weighted by Gasteiger charge is -2.65. The molecule has 4 aliphatic carbocycles. The molecule has 4 fully saturated rings. The zero-order valence-corrected chi connectivity index (χ0v) is 13.0. The van der Waals surface area contributed by atoms with E-state index in [9.17, 15) is 0 Å². The Bertz CT molecular complexity index is 335. The second-order valence-corrected chi connectivity index (χ2v) is 8.91. The van der Waals surface area contributed by atoms with Gasteiger partial charge in [-0.05, 0) is 80.7 Å². The van der Waals surface area contributed by atoms with E-state index in [2.05, 4.69) is 25.8 Å². The molecule has 0 aliphatic heterocycles. The van der Waals surface area contributed by atoms with Crippen LogP contribution in [0.15, 0.2) is 0 Å². The maximum Gasteiger partial charge on any atom is 0.0558 e. The molecule has 0 saturated heterocycles. The number of aliphatic hydroxyl groups excluding tert-OH is 1. The first-order chi connectivity index (χ1) is 8.86. The lowest BCUT2D eigenvalue weighted by atomic mass is 9.40. The molecule has 2 atom stereocenters. The maximum atomic E-state index is 9.04. The molecule has 4 aliphatic rings. The molecule has 110 valence electrons. The van der Waals surface area contributed by atoms with Crippen LogP contribution < -0.4 is 0 Å². The molecule has 0 aromatic rings. The molecule has 0 aromatic heterocycles. The Morgan fingerprint density at radius 2 is 1.63 bits per heavy atom.